The summed E-state index contributed by atoms with van der Waals surface area (Å²) in [5.41, 5.74) is 1.45. The van der Waals surface area contributed by atoms with Crippen molar-refractivity contribution in [1.82, 2.24) is 0 Å². The molecule has 0 N–H and O–H groups in total. The van der Waals surface area contributed by atoms with Crippen molar-refractivity contribution in [2.45, 2.75) is 63.0 Å². The summed E-state index contributed by atoms with van der Waals surface area (Å²) >= 11 is 0. The molecule has 2 unspecified atom stereocenters. The summed E-state index contributed by atoms with van der Waals surface area (Å²) in [6.45, 7) is 2.74. The Hall–Kier alpha value is -0.310. The molecule has 1 aliphatic heterocycles. The topological polar surface area (TPSA) is 26.3 Å². The molecule has 0 aromatic heterocycles. The van der Waals surface area contributed by atoms with Gasteiger partial charge in [0.15, 0.2) is 0 Å². The lowest BCUT2D eigenvalue weighted by Gasteiger charge is -2.31. The third-order valence-corrected chi connectivity index (χ3v) is 6.05. The highest BCUT2D eigenvalue weighted by Crippen LogP contribution is 2.28. The second-order valence-corrected chi connectivity index (χ2v) is 7.69. The van der Waals surface area contributed by atoms with Crippen LogP contribution < -0.4 is 0 Å². The molecule has 0 aromatic rings. The smallest absolute Gasteiger partial charge is 0.104 e. The van der Waals surface area contributed by atoms with E-state index in [9.17, 15) is 4.21 Å². The van der Waals surface area contributed by atoms with E-state index in [0.29, 0.717) is 6.61 Å². The van der Waals surface area contributed by atoms with Crippen LogP contribution in [-0.2, 0) is 15.5 Å². The van der Waals surface area contributed by atoms with E-state index in [0.717, 1.165) is 18.6 Å². The van der Waals surface area contributed by atoms with Crippen LogP contribution in [0.1, 0.15) is 58.3 Å². The maximum Gasteiger partial charge on any atom is 0.104 e. The van der Waals surface area contributed by atoms with E-state index in [1.165, 1.54) is 44.1 Å². The van der Waals surface area contributed by atoms with Crippen LogP contribution in [-0.4, -0.2) is 21.3 Å². The van der Waals surface area contributed by atoms with Crippen molar-refractivity contribution in [1.29, 1.82) is 0 Å². The van der Waals surface area contributed by atoms with Crippen LogP contribution in [0, 0.1) is 0 Å². The van der Waals surface area contributed by atoms with Crippen molar-refractivity contribution < 1.29 is 8.95 Å². The first-order valence-electron chi connectivity index (χ1n) is 6.89. The van der Waals surface area contributed by atoms with Crippen molar-refractivity contribution >= 4 is 10.8 Å². The Labute approximate surface area is 107 Å². The predicted octanol–water partition coefficient (Wildman–Crippen LogP) is 3.54. The van der Waals surface area contributed by atoms with Gasteiger partial charge in [0.2, 0.25) is 0 Å². The van der Waals surface area contributed by atoms with Gasteiger partial charge in [-0.15, -0.1) is 0 Å². The van der Waals surface area contributed by atoms with E-state index < -0.39 is 10.8 Å². The average Bonchev–Trinajstić information content (AvgIpc) is 2.35. The molecule has 1 aliphatic carbocycles. The van der Waals surface area contributed by atoms with Gasteiger partial charge in [-0.1, -0.05) is 12.8 Å². The molecule has 98 valence electrons. The fraction of sp³-hybridized carbons (Fsp3) is 0.857. The molecule has 2 rings (SSSR count). The lowest BCUT2D eigenvalue weighted by Crippen LogP contribution is -2.39. The Morgan fingerprint density at radius 2 is 2.00 bits per heavy atom. The molecule has 0 amide bonds. The molecule has 2 fully saturated rings. The van der Waals surface area contributed by atoms with Crippen LogP contribution in [0.3, 0.4) is 0 Å². The first-order valence-corrected chi connectivity index (χ1v) is 8.21. The summed E-state index contributed by atoms with van der Waals surface area (Å²) in [7, 11) is -0.704. The van der Waals surface area contributed by atoms with Gasteiger partial charge in [-0.3, -0.25) is 4.21 Å². The number of allylic oxidation sites excluding steroid dienone is 1. The maximum atomic E-state index is 12.0. The molecule has 0 spiro atoms. The van der Waals surface area contributed by atoms with Gasteiger partial charge in [0.1, 0.15) is 6.61 Å². The van der Waals surface area contributed by atoms with Gasteiger partial charge >= 0.3 is 0 Å². The molecular formula is C14H24O2S. The quantitative estimate of drug-likeness (QED) is 0.722. The summed E-state index contributed by atoms with van der Waals surface area (Å²) < 4.78 is 17.6. The zero-order chi connectivity index (χ0) is 12.1. The Bertz CT molecular complexity index is 303. The Balaban J connectivity index is 1.82. The van der Waals surface area contributed by atoms with Crippen LogP contribution >= 0.6 is 0 Å². The minimum Gasteiger partial charge on any atom is -0.500 e. The highest BCUT2D eigenvalue weighted by atomic mass is 32.2. The molecule has 1 saturated heterocycles. The molecule has 0 aromatic carbocycles. The van der Waals surface area contributed by atoms with Crippen molar-refractivity contribution in [2.75, 3.05) is 12.4 Å². The number of rotatable bonds is 3. The van der Waals surface area contributed by atoms with E-state index in [4.69, 9.17) is 4.74 Å². The van der Waals surface area contributed by atoms with Crippen molar-refractivity contribution in [3.63, 3.8) is 0 Å². The molecule has 1 heterocycles. The van der Waals surface area contributed by atoms with Crippen molar-refractivity contribution in [3.05, 3.63) is 11.8 Å². The van der Waals surface area contributed by atoms with Crippen molar-refractivity contribution in [2.24, 2.45) is 0 Å². The number of hydrogen-bond acceptors (Lipinski definition) is 2. The molecule has 0 radical (unpaired) electrons. The van der Waals surface area contributed by atoms with Gasteiger partial charge in [0.25, 0.3) is 0 Å². The lowest BCUT2D eigenvalue weighted by atomic mass is 9.96. The molecule has 2 atom stereocenters. The standard InChI is InChI=1S/C14H24O2S/c1-14(9-5-6-10-17(14)15)12-16-11-13-7-3-2-4-8-13/h11H,2-10,12H2,1H3. The summed E-state index contributed by atoms with van der Waals surface area (Å²) in [6.07, 6.45) is 11.7. The summed E-state index contributed by atoms with van der Waals surface area (Å²) in [5, 5.41) is 0. The minimum atomic E-state index is -0.704. The molecule has 0 bridgehead atoms. The number of hydrogen-bond donors (Lipinski definition) is 0. The number of ether oxygens (including phenoxy) is 1. The van der Waals surface area contributed by atoms with E-state index >= 15 is 0 Å². The molecular weight excluding hydrogens is 232 g/mol. The van der Waals surface area contributed by atoms with Crippen molar-refractivity contribution in [3.8, 4) is 0 Å². The second kappa shape index (κ2) is 6.03. The molecule has 2 nitrogen and oxygen atoms in total. The lowest BCUT2D eigenvalue weighted by molar-refractivity contribution is 0.203. The third kappa shape index (κ3) is 3.57. The van der Waals surface area contributed by atoms with Gasteiger partial charge in [0, 0.05) is 16.6 Å². The van der Waals surface area contributed by atoms with Gasteiger partial charge in [-0.25, -0.2) is 0 Å². The summed E-state index contributed by atoms with van der Waals surface area (Å²) in [4.78, 5) is 0. The predicted molar refractivity (Wildman–Crippen MR) is 72.4 cm³/mol. The van der Waals surface area contributed by atoms with Crippen LogP contribution in [0.4, 0.5) is 0 Å². The first-order chi connectivity index (χ1) is 8.21. The fourth-order valence-electron chi connectivity index (χ4n) is 2.69. The van der Waals surface area contributed by atoms with Gasteiger partial charge in [-0.2, -0.15) is 0 Å². The molecule has 2 aliphatic rings. The zero-order valence-corrected chi connectivity index (χ0v) is 11.7. The van der Waals surface area contributed by atoms with Gasteiger partial charge < -0.3 is 4.74 Å². The highest BCUT2D eigenvalue weighted by molar-refractivity contribution is 7.86. The van der Waals surface area contributed by atoms with Crippen LogP contribution in [0.5, 0.6) is 0 Å². The fourth-order valence-corrected chi connectivity index (χ4v) is 4.22. The third-order valence-electron chi connectivity index (χ3n) is 3.97. The van der Waals surface area contributed by atoms with Gasteiger partial charge in [0.05, 0.1) is 11.0 Å². The normalized spacial score (nSPS) is 34.4. The van der Waals surface area contributed by atoms with E-state index in [1.54, 1.807) is 0 Å². The average molecular weight is 256 g/mol. The van der Waals surface area contributed by atoms with Crippen LogP contribution in [0.15, 0.2) is 11.8 Å². The van der Waals surface area contributed by atoms with E-state index in [2.05, 4.69) is 6.92 Å². The maximum absolute atomic E-state index is 12.0. The summed E-state index contributed by atoms with van der Waals surface area (Å²) in [5.74, 6) is 0.858. The first kappa shape index (κ1) is 13.1. The molecule has 3 heteroatoms. The Morgan fingerprint density at radius 1 is 1.24 bits per heavy atom. The van der Waals surface area contributed by atoms with Gasteiger partial charge in [-0.05, 0) is 51.0 Å². The highest BCUT2D eigenvalue weighted by Gasteiger charge is 2.34. The zero-order valence-electron chi connectivity index (χ0n) is 10.9. The Morgan fingerprint density at radius 3 is 2.71 bits per heavy atom. The monoisotopic (exact) mass is 256 g/mol. The SMILES string of the molecule is CC1(COC=C2CCCCC2)CCCCS1=O. The largest absolute Gasteiger partial charge is 0.500 e. The van der Waals surface area contributed by atoms with Crippen LogP contribution in [0.2, 0.25) is 0 Å². The Kier molecular flexibility index (Phi) is 4.66. The van der Waals surface area contributed by atoms with E-state index in [1.807, 2.05) is 6.26 Å². The molecule has 17 heavy (non-hydrogen) atoms. The minimum absolute atomic E-state index is 0.107. The summed E-state index contributed by atoms with van der Waals surface area (Å²) in [6, 6.07) is 0. The van der Waals surface area contributed by atoms with Crippen LogP contribution in [0.25, 0.3) is 0 Å². The molecule has 1 saturated carbocycles. The second-order valence-electron chi connectivity index (χ2n) is 5.60. The van der Waals surface area contributed by atoms with E-state index in [-0.39, 0.29) is 4.75 Å².